The molecule has 3 heteroatoms. The van der Waals surface area contributed by atoms with Crippen LogP contribution in [-0.2, 0) is 9.53 Å². The third kappa shape index (κ3) is 2.31. The lowest BCUT2D eigenvalue weighted by atomic mass is 10.0. The summed E-state index contributed by atoms with van der Waals surface area (Å²) >= 11 is 0. The standard InChI is InChI=1S/C15H18O3/c1-3-18-15(17)13-9-12(10(2)14(13)16)11-7-5-4-6-8-11/h4-8,13-14,16H,3,9H2,1-2H3. The van der Waals surface area contributed by atoms with Crippen LogP contribution in [0.25, 0.3) is 5.57 Å². The van der Waals surface area contributed by atoms with E-state index in [-0.39, 0.29) is 5.97 Å². The second kappa shape index (κ2) is 5.36. The molecule has 2 rings (SSSR count). The van der Waals surface area contributed by atoms with E-state index < -0.39 is 12.0 Å². The number of allylic oxidation sites excluding steroid dienone is 1. The van der Waals surface area contributed by atoms with Crippen LogP contribution in [0.1, 0.15) is 25.8 Å². The average Bonchev–Trinajstić information content (AvgIpc) is 2.68. The summed E-state index contributed by atoms with van der Waals surface area (Å²) in [5, 5.41) is 10.1. The second-order valence-corrected chi connectivity index (χ2v) is 4.54. The molecule has 2 unspecified atom stereocenters. The molecule has 1 aromatic carbocycles. The highest BCUT2D eigenvalue weighted by Crippen LogP contribution is 2.38. The van der Waals surface area contributed by atoms with Gasteiger partial charge in [0.1, 0.15) is 0 Å². The number of aliphatic hydroxyl groups excluding tert-OH is 1. The molecule has 0 amide bonds. The van der Waals surface area contributed by atoms with E-state index in [1.807, 2.05) is 37.3 Å². The number of rotatable bonds is 3. The first-order valence-corrected chi connectivity index (χ1v) is 6.25. The van der Waals surface area contributed by atoms with Crippen LogP contribution in [0.15, 0.2) is 35.9 Å². The van der Waals surface area contributed by atoms with E-state index in [0.29, 0.717) is 13.0 Å². The summed E-state index contributed by atoms with van der Waals surface area (Å²) in [6, 6.07) is 9.87. The highest BCUT2D eigenvalue weighted by molar-refractivity contribution is 5.82. The first kappa shape index (κ1) is 12.8. The molecule has 0 heterocycles. The topological polar surface area (TPSA) is 46.5 Å². The molecule has 96 valence electrons. The monoisotopic (exact) mass is 246 g/mol. The van der Waals surface area contributed by atoms with Crippen molar-refractivity contribution in [1.82, 2.24) is 0 Å². The molecule has 0 radical (unpaired) electrons. The van der Waals surface area contributed by atoms with Crippen molar-refractivity contribution in [1.29, 1.82) is 0 Å². The van der Waals surface area contributed by atoms with E-state index in [1.165, 1.54) is 0 Å². The van der Waals surface area contributed by atoms with Crippen molar-refractivity contribution in [2.24, 2.45) is 5.92 Å². The summed E-state index contributed by atoms with van der Waals surface area (Å²) in [5.74, 6) is -0.768. The molecule has 1 aliphatic rings. The van der Waals surface area contributed by atoms with Crippen molar-refractivity contribution in [3.05, 3.63) is 41.5 Å². The number of carbonyl (C=O) groups is 1. The Morgan fingerprint density at radius 1 is 1.39 bits per heavy atom. The third-order valence-corrected chi connectivity index (χ3v) is 3.44. The Morgan fingerprint density at radius 2 is 2.06 bits per heavy atom. The van der Waals surface area contributed by atoms with E-state index in [4.69, 9.17) is 4.74 Å². The van der Waals surface area contributed by atoms with Gasteiger partial charge in [-0.15, -0.1) is 0 Å². The predicted molar refractivity (Wildman–Crippen MR) is 69.8 cm³/mol. The number of hydrogen-bond acceptors (Lipinski definition) is 3. The van der Waals surface area contributed by atoms with Crippen molar-refractivity contribution < 1.29 is 14.6 Å². The van der Waals surface area contributed by atoms with E-state index >= 15 is 0 Å². The maximum atomic E-state index is 11.8. The van der Waals surface area contributed by atoms with Crippen LogP contribution in [0, 0.1) is 5.92 Å². The molecule has 0 aromatic heterocycles. The predicted octanol–water partition coefficient (Wildman–Crippen LogP) is 2.40. The Kier molecular flexibility index (Phi) is 3.82. The lowest BCUT2D eigenvalue weighted by molar-refractivity contribution is -0.150. The zero-order chi connectivity index (χ0) is 13.1. The number of esters is 1. The first-order valence-electron chi connectivity index (χ1n) is 6.25. The number of hydrogen-bond donors (Lipinski definition) is 1. The van der Waals surface area contributed by atoms with Gasteiger partial charge in [-0.3, -0.25) is 4.79 Å². The fourth-order valence-electron chi connectivity index (χ4n) is 2.42. The highest BCUT2D eigenvalue weighted by atomic mass is 16.5. The molecular formula is C15H18O3. The Labute approximate surface area is 107 Å². The minimum Gasteiger partial charge on any atom is -0.466 e. The van der Waals surface area contributed by atoms with Crippen LogP contribution < -0.4 is 0 Å². The highest BCUT2D eigenvalue weighted by Gasteiger charge is 2.37. The molecule has 1 aliphatic carbocycles. The molecule has 0 saturated carbocycles. The van der Waals surface area contributed by atoms with E-state index in [0.717, 1.165) is 16.7 Å². The minimum atomic E-state index is -0.723. The average molecular weight is 246 g/mol. The van der Waals surface area contributed by atoms with Gasteiger partial charge in [0.15, 0.2) is 0 Å². The van der Waals surface area contributed by atoms with E-state index in [2.05, 4.69) is 0 Å². The maximum Gasteiger partial charge on any atom is 0.312 e. The van der Waals surface area contributed by atoms with Gasteiger partial charge >= 0.3 is 5.97 Å². The van der Waals surface area contributed by atoms with Gasteiger partial charge in [-0.2, -0.15) is 0 Å². The van der Waals surface area contributed by atoms with Gasteiger partial charge in [-0.05, 0) is 37.0 Å². The quantitative estimate of drug-likeness (QED) is 0.833. The largest absolute Gasteiger partial charge is 0.466 e. The molecule has 1 N–H and O–H groups in total. The molecule has 0 aliphatic heterocycles. The summed E-state index contributed by atoms with van der Waals surface area (Å²) in [5.41, 5.74) is 3.00. The van der Waals surface area contributed by atoms with Gasteiger partial charge in [-0.25, -0.2) is 0 Å². The molecule has 3 nitrogen and oxygen atoms in total. The number of aliphatic hydroxyl groups is 1. The molecule has 2 atom stereocenters. The summed E-state index contributed by atoms with van der Waals surface area (Å²) in [6.45, 7) is 4.01. The van der Waals surface area contributed by atoms with Crippen LogP contribution in [-0.4, -0.2) is 23.8 Å². The fraction of sp³-hybridized carbons (Fsp3) is 0.400. The summed E-state index contributed by atoms with van der Waals surface area (Å²) in [6.07, 6.45) is -0.171. The zero-order valence-electron chi connectivity index (χ0n) is 10.7. The van der Waals surface area contributed by atoms with Gasteiger partial charge in [0.25, 0.3) is 0 Å². The summed E-state index contributed by atoms with van der Waals surface area (Å²) in [4.78, 5) is 11.8. The van der Waals surface area contributed by atoms with Crippen LogP contribution in [0.4, 0.5) is 0 Å². The Hall–Kier alpha value is -1.61. The van der Waals surface area contributed by atoms with Crippen LogP contribution in [0.5, 0.6) is 0 Å². The minimum absolute atomic E-state index is 0.310. The van der Waals surface area contributed by atoms with Crippen molar-refractivity contribution in [3.8, 4) is 0 Å². The SMILES string of the molecule is CCOC(=O)C1CC(c2ccccc2)=C(C)C1O. The van der Waals surface area contributed by atoms with Crippen molar-refractivity contribution in [2.75, 3.05) is 6.61 Å². The first-order chi connectivity index (χ1) is 8.65. The van der Waals surface area contributed by atoms with Crippen LogP contribution in [0.2, 0.25) is 0 Å². The second-order valence-electron chi connectivity index (χ2n) is 4.54. The van der Waals surface area contributed by atoms with Crippen molar-refractivity contribution in [2.45, 2.75) is 26.4 Å². The van der Waals surface area contributed by atoms with E-state index in [1.54, 1.807) is 6.92 Å². The molecular weight excluding hydrogens is 228 g/mol. The molecule has 1 aromatic rings. The Balaban J connectivity index is 2.22. The molecule has 0 bridgehead atoms. The Bertz CT molecular complexity index is 462. The lowest BCUT2D eigenvalue weighted by Gasteiger charge is -2.14. The lowest BCUT2D eigenvalue weighted by Crippen LogP contribution is -2.26. The molecule has 0 saturated heterocycles. The number of benzene rings is 1. The van der Waals surface area contributed by atoms with Gasteiger partial charge in [0.2, 0.25) is 0 Å². The van der Waals surface area contributed by atoms with E-state index in [9.17, 15) is 9.90 Å². The van der Waals surface area contributed by atoms with Gasteiger partial charge in [0.05, 0.1) is 18.6 Å². The summed E-state index contributed by atoms with van der Waals surface area (Å²) < 4.78 is 5.00. The smallest absolute Gasteiger partial charge is 0.312 e. The van der Waals surface area contributed by atoms with Gasteiger partial charge in [-0.1, -0.05) is 30.3 Å². The van der Waals surface area contributed by atoms with Gasteiger partial charge in [0, 0.05) is 0 Å². The van der Waals surface area contributed by atoms with Crippen molar-refractivity contribution >= 4 is 11.5 Å². The third-order valence-electron chi connectivity index (χ3n) is 3.44. The van der Waals surface area contributed by atoms with Crippen molar-refractivity contribution in [3.63, 3.8) is 0 Å². The van der Waals surface area contributed by atoms with Gasteiger partial charge < -0.3 is 9.84 Å². The maximum absolute atomic E-state index is 11.8. The molecule has 18 heavy (non-hydrogen) atoms. The normalized spacial score (nSPS) is 23.3. The molecule has 0 spiro atoms. The Morgan fingerprint density at radius 3 is 2.67 bits per heavy atom. The summed E-state index contributed by atoms with van der Waals surface area (Å²) in [7, 11) is 0. The van der Waals surface area contributed by atoms with Crippen LogP contribution in [0.3, 0.4) is 0 Å². The van der Waals surface area contributed by atoms with Crippen LogP contribution >= 0.6 is 0 Å². The number of ether oxygens (including phenoxy) is 1. The number of carbonyl (C=O) groups excluding carboxylic acids is 1. The molecule has 0 fully saturated rings. The zero-order valence-corrected chi connectivity index (χ0v) is 10.7. The fourth-order valence-corrected chi connectivity index (χ4v) is 2.42.